The van der Waals surface area contributed by atoms with Crippen LogP contribution in [0.25, 0.3) is 0 Å². The number of rotatable bonds is 3. The minimum absolute atomic E-state index is 0.0910. The van der Waals surface area contributed by atoms with E-state index in [1.165, 1.54) is 4.90 Å². The molecule has 1 heterocycles. The summed E-state index contributed by atoms with van der Waals surface area (Å²) in [7, 11) is 0. The molecule has 0 spiro atoms. The van der Waals surface area contributed by atoms with Crippen molar-refractivity contribution in [2.75, 3.05) is 0 Å². The minimum Gasteiger partial charge on any atom is -0.273 e. The number of hydrogen-bond acceptors (Lipinski definition) is 3. The highest BCUT2D eigenvalue weighted by molar-refractivity contribution is 8.15. The van der Waals surface area contributed by atoms with Crippen LogP contribution in [0.5, 0.6) is 0 Å². The summed E-state index contributed by atoms with van der Waals surface area (Å²) in [6, 6.07) is -0.164. The zero-order valence-corrected chi connectivity index (χ0v) is 10.4. The Hall–Kier alpha value is -0.770. The van der Waals surface area contributed by atoms with Gasteiger partial charge in [-0.3, -0.25) is 14.5 Å². The molecule has 1 rings (SSSR count). The van der Waals surface area contributed by atoms with Crippen LogP contribution in [0.15, 0.2) is 12.2 Å². The molecule has 1 aliphatic rings. The Morgan fingerprint density at radius 3 is 2.27 bits per heavy atom. The summed E-state index contributed by atoms with van der Waals surface area (Å²) < 4.78 is 0. The van der Waals surface area contributed by atoms with Crippen molar-refractivity contribution >= 4 is 22.9 Å². The van der Waals surface area contributed by atoms with Crippen molar-refractivity contribution in [3.63, 3.8) is 0 Å². The van der Waals surface area contributed by atoms with Crippen LogP contribution >= 0.6 is 11.8 Å². The van der Waals surface area contributed by atoms with Crippen molar-refractivity contribution in [3.8, 4) is 0 Å². The van der Waals surface area contributed by atoms with Gasteiger partial charge in [0, 0.05) is 0 Å². The van der Waals surface area contributed by atoms with E-state index in [1.807, 2.05) is 20.8 Å². The molecule has 1 saturated heterocycles. The highest BCUT2D eigenvalue weighted by Crippen LogP contribution is 2.32. The Bertz CT molecular complexity index is 312. The number of hydrogen-bond donors (Lipinski definition) is 0. The van der Waals surface area contributed by atoms with E-state index in [0.717, 1.165) is 17.3 Å². The Morgan fingerprint density at radius 2 is 2.00 bits per heavy atom. The van der Waals surface area contributed by atoms with Gasteiger partial charge in [0.15, 0.2) is 0 Å². The highest BCUT2D eigenvalue weighted by Gasteiger charge is 2.42. The lowest BCUT2D eigenvalue weighted by atomic mass is 9.96. The summed E-state index contributed by atoms with van der Waals surface area (Å²) in [5, 5.41) is -0.396. The third-order valence-corrected chi connectivity index (χ3v) is 3.43. The summed E-state index contributed by atoms with van der Waals surface area (Å²) in [6.07, 6.45) is 0. The van der Waals surface area contributed by atoms with Crippen molar-refractivity contribution in [1.82, 2.24) is 4.90 Å². The molecule has 0 radical (unpaired) electrons. The second-order valence-electron chi connectivity index (χ2n) is 4.27. The highest BCUT2D eigenvalue weighted by atomic mass is 32.2. The molecule has 0 N–H and O–H groups in total. The monoisotopic (exact) mass is 227 g/mol. The Labute approximate surface area is 94.9 Å². The van der Waals surface area contributed by atoms with E-state index in [-0.39, 0.29) is 28.4 Å². The van der Waals surface area contributed by atoms with E-state index in [1.54, 1.807) is 6.92 Å². The van der Waals surface area contributed by atoms with E-state index in [2.05, 4.69) is 6.58 Å². The molecule has 3 nitrogen and oxygen atoms in total. The van der Waals surface area contributed by atoms with E-state index in [9.17, 15) is 9.59 Å². The maximum absolute atomic E-state index is 11.8. The van der Waals surface area contributed by atoms with Gasteiger partial charge in [0.2, 0.25) is 5.91 Å². The number of nitrogens with zero attached hydrogens (tertiary/aromatic N) is 1. The minimum atomic E-state index is -0.252. The molecule has 0 aromatic carbocycles. The number of thioether (sulfide) groups is 1. The van der Waals surface area contributed by atoms with Gasteiger partial charge in [-0.15, -0.1) is 0 Å². The molecule has 1 aliphatic heterocycles. The van der Waals surface area contributed by atoms with Gasteiger partial charge in [0.05, 0.1) is 11.3 Å². The predicted molar refractivity (Wildman–Crippen MR) is 62.7 cm³/mol. The Balaban J connectivity index is 2.99. The number of carbonyl (C=O) groups is 2. The molecular formula is C11H17NO2S. The molecule has 1 fully saturated rings. The van der Waals surface area contributed by atoms with Gasteiger partial charge in [-0.1, -0.05) is 37.8 Å². The van der Waals surface area contributed by atoms with Crippen molar-refractivity contribution in [2.45, 2.75) is 39.0 Å². The summed E-state index contributed by atoms with van der Waals surface area (Å²) >= 11 is 1.10. The lowest BCUT2D eigenvalue weighted by molar-refractivity contribution is -0.128. The van der Waals surface area contributed by atoms with E-state index in [0.29, 0.717) is 0 Å². The van der Waals surface area contributed by atoms with E-state index < -0.39 is 0 Å². The smallest absolute Gasteiger partial charge is 0.273 e. The standard InChI is InChI=1S/C11H17NO2S/c1-6(2)9(7(3)4)12-10(13)8(5)15-11(12)14/h7-9H,1H2,2-5H3/t8-,9+/m0/s1. The first kappa shape index (κ1) is 12.3. The van der Waals surface area contributed by atoms with Gasteiger partial charge in [-0.25, -0.2) is 0 Å². The van der Waals surface area contributed by atoms with Gasteiger partial charge in [0.25, 0.3) is 5.24 Å². The van der Waals surface area contributed by atoms with Crippen molar-refractivity contribution in [1.29, 1.82) is 0 Å². The average molecular weight is 227 g/mol. The second kappa shape index (κ2) is 4.39. The maximum atomic E-state index is 11.8. The first-order chi connectivity index (χ1) is 6.86. The van der Waals surface area contributed by atoms with Gasteiger partial charge >= 0.3 is 0 Å². The van der Waals surface area contributed by atoms with Crippen LogP contribution in [0.3, 0.4) is 0 Å². The molecular weight excluding hydrogens is 210 g/mol. The topological polar surface area (TPSA) is 37.4 Å². The fourth-order valence-corrected chi connectivity index (χ4v) is 2.72. The zero-order chi connectivity index (χ0) is 11.7. The molecule has 0 aliphatic carbocycles. The van der Waals surface area contributed by atoms with Crippen LogP contribution in [-0.4, -0.2) is 27.3 Å². The molecule has 2 atom stereocenters. The van der Waals surface area contributed by atoms with Crippen molar-refractivity contribution < 1.29 is 9.59 Å². The van der Waals surface area contributed by atoms with Crippen LogP contribution in [0.4, 0.5) is 4.79 Å². The Kier molecular flexibility index (Phi) is 3.60. The predicted octanol–water partition coefficient (Wildman–Crippen LogP) is 2.67. The van der Waals surface area contributed by atoms with Gasteiger partial charge in [-0.2, -0.15) is 0 Å². The van der Waals surface area contributed by atoms with Crippen LogP contribution in [0.1, 0.15) is 27.7 Å². The summed E-state index contributed by atoms with van der Waals surface area (Å²) in [6.45, 7) is 11.5. The molecule has 15 heavy (non-hydrogen) atoms. The van der Waals surface area contributed by atoms with Gasteiger partial charge in [0.1, 0.15) is 0 Å². The van der Waals surface area contributed by atoms with Crippen molar-refractivity contribution in [3.05, 3.63) is 12.2 Å². The maximum Gasteiger partial charge on any atom is 0.289 e. The van der Waals surface area contributed by atoms with Crippen molar-refractivity contribution in [2.24, 2.45) is 5.92 Å². The summed E-state index contributed by atoms with van der Waals surface area (Å²) in [4.78, 5) is 24.8. The van der Waals surface area contributed by atoms with E-state index in [4.69, 9.17) is 0 Å². The number of imide groups is 1. The molecule has 0 unspecified atom stereocenters. The largest absolute Gasteiger partial charge is 0.289 e. The molecule has 0 aromatic rings. The van der Waals surface area contributed by atoms with Crippen LogP contribution in [-0.2, 0) is 4.79 Å². The SMILES string of the molecule is C=C(C)[C@H](C(C)C)N1C(=O)S[C@@H](C)C1=O. The number of amides is 2. The average Bonchev–Trinajstić information content (AvgIpc) is 2.31. The summed E-state index contributed by atoms with van der Waals surface area (Å²) in [5.41, 5.74) is 0.862. The van der Waals surface area contributed by atoms with Gasteiger partial charge < -0.3 is 0 Å². The molecule has 4 heteroatoms. The third-order valence-electron chi connectivity index (χ3n) is 2.47. The summed E-state index contributed by atoms with van der Waals surface area (Å²) in [5.74, 6) is 0.119. The quantitative estimate of drug-likeness (QED) is 0.696. The van der Waals surface area contributed by atoms with Crippen LogP contribution in [0, 0.1) is 5.92 Å². The number of carbonyl (C=O) groups excluding carboxylic acids is 2. The molecule has 0 bridgehead atoms. The molecule has 0 saturated carbocycles. The molecule has 84 valence electrons. The zero-order valence-electron chi connectivity index (χ0n) is 9.61. The fourth-order valence-electron chi connectivity index (χ4n) is 1.88. The van der Waals surface area contributed by atoms with Crippen LogP contribution < -0.4 is 0 Å². The second-order valence-corrected chi connectivity index (χ2v) is 5.56. The molecule has 2 amide bonds. The van der Waals surface area contributed by atoms with E-state index >= 15 is 0 Å². The third kappa shape index (κ3) is 2.25. The normalized spacial score (nSPS) is 23.8. The fraction of sp³-hybridized carbons (Fsp3) is 0.636. The first-order valence-electron chi connectivity index (χ1n) is 5.05. The van der Waals surface area contributed by atoms with Gasteiger partial charge in [-0.05, 0) is 19.8 Å². The Morgan fingerprint density at radius 1 is 1.47 bits per heavy atom. The lowest BCUT2D eigenvalue weighted by Crippen LogP contribution is -2.43. The molecule has 0 aromatic heterocycles. The lowest BCUT2D eigenvalue weighted by Gasteiger charge is -2.29. The first-order valence-corrected chi connectivity index (χ1v) is 5.93. The van der Waals surface area contributed by atoms with Crippen LogP contribution in [0.2, 0.25) is 0 Å².